The number of furan rings is 1. The third-order valence-corrected chi connectivity index (χ3v) is 3.27. The largest absolute Gasteiger partial charge is 0.475 e. The highest BCUT2D eigenvalue weighted by atomic mass is 16.4. The fourth-order valence-corrected chi connectivity index (χ4v) is 2.29. The van der Waals surface area contributed by atoms with Gasteiger partial charge >= 0.3 is 5.97 Å². The Morgan fingerprint density at radius 3 is 3.00 bits per heavy atom. The lowest BCUT2D eigenvalue weighted by atomic mass is 9.94. The van der Waals surface area contributed by atoms with E-state index in [0.29, 0.717) is 23.8 Å². The van der Waals surface area contributed by atoms with Crippen molar-refractivity contribution in [1.82, 2.24) is 5.32 Å². The summed E-state index contributed by atoms with van der Waals surface area (Å²) < 4.78 is 5.29. The van der Waals surface area contributed by atoms with E-state index >= 15 is 0 Å². The van der Waals surface area contributed by atoms with Crippen LogP contribution in [-0.4, -0.2) is 17.6 Å². The summed E-state index contributed by atoms with van der Waals surface area (Å²) in [7, 11) is 0. The summed E-state index contributed by atoms with van der Waals surface area (Å²) in [6.45, 7) is 3.29. The first-order chi connectivity index (χ1) is 8.66. The first-order valence-corrected chi connectivity index (χ1v) is 6.35. The van der Waals surface area contributed by atoms with Gasteiger partial charge in [0.05, 0.1) is 6.54 Å². The molecule has 0 aliphatic heterocycles. The molecular weight excluding hydrogens is 230 g/mol. The summed E-state index contributed by atoms with van der Waals surface area (Å²) in [4.78, 5) is 10.8. The Bertz CT molecular complexity index is 448. The van der Waals surface area contributed by atoms with Gasteiger partial charge in [-0.2, -0.15) is 0 Å². The van der Waals surface area contributed by atoms with Gasteiger partial charge in [0.25, 0.3) is 0 Å². The molecule has 0 radical (unpaired) electrons. The second-order valence-electron chi connectivity index (χ2n) is 4.81. The molecule has 2 N–H and O–H groups in total. The van der Waals surface area contributed by atoms with Crippen molar-refractivity contribution in [3.05, 3.63) is 35.3 Å². The molecule has 4 heteroatoms. The van der Waals surface area contributed by atoms with Crippen LogP contribution in [0.25, 0.3) is 0 Å². The van der Waals surface area contributed by atoms with Crippen LogP contribution in [0.4, 0.5) is 0 Å². The summed E-state index contributed by atoms with van der Waals surface area (Å²) in [5, 5.41) is 12.2. The monoisotopic (exact) mass is 249 g/mol. The molecule has 98 valence electrons. The predicted molar refractivity (Wildman–Crippen MR) is 68.6 cm³/mol. The zero-order valence-electron chi connectivity index (χ0n) is 10.6. The van der Waals surface area contributed by atoms with E-state index in [-0.39, 0.29) is 5.76 Å². The average Bonchev–Trinajstić information content (AvgIpc) is 2.72. The molecule has 1 aromatic rings. The third kappa shape index (κ3) is 3.23. The maximum absolute atomic E-state index is 10.8. The third-order valence-electron chi connectivity index (χ3n) is 3.27. The van der Waals surface area contributed by atoms with Crippen LogP contribution in [0.2, 0.25) is 0 Å². The van der Waals surface area contributed by atoms with Crippen molar-refractivity contribution < 1.29 is 14.3 Å². The van der Waals surface area contributed by atoms with Crippen LogP contribution in [0.3, 0.4) is 0 Å². The van der Waals surface area contributed by atoms with Crippen LogP contribution in [-0.2, 0) is 6.54 Å². The minimum absolute atomic E-state index is 0.0485. The van der Waals surface area contributed by atoms with E-state index < -0.39 is 5.97 Å². The van der Waals surface area contributed by atoms with Crippen molar-refractivity contribution in [2.24, 2.45) is 5.92 Å². The van der Waals surface area contributed by atoms with Gasteiger partial charge in [0.15, 0.2) is 0 Å². The van der Waals surface area contributed by atoms with Crippen molar-refractivity contribution in [3.63, 3.8) is 0 Å². The summed E-state index contributed by atoms with van der Waals surface area (Å²) in [6.07, 6.45) is 7.97. The second-order valence-corrected chi connectivity index (χ2v) is 4.81. The predicted octanol–water partition coefficient (Wildman–Crippen LogP) is 2.73. The Labute approximate surface area is 107 Å². The lowest BCUT2D eigenvalue weighted by molar-refractivity contribution is 0.0659. The molecule has 18 heavy (non-hydrogen) atoms. The Hall–Kier alpha value is -1.55. The van der Waals surface area contributed by atoms with Gasteiger partial charge in [-0.15, -0.1) is 0 Å². The topological polar surface area (TPSA) is 62.5 Å². The minimum Gasteiger partial charge on any atom is -0.475 e. The van der Waals surface area contributed by atoms with E-state index in [4.69, 9.17) is 9.52 Å². The number of carboxylic acids is 1. The van der Waals surface area contributed by atoms with Crippen LogP contribution in [0.15, 0.2) is 22.6 Å². The molecule has 1 aliphatic rings. The SMILES string of the molecule is Cc1cc(CNCC2CC=CCC2)oc1C(=O)O. The number of allylic oxidation sites excluding steroid dienone is 2. The number of hydrogen-bond acceptors (Lipinski definition) is 3. The van der Waals surface area contributed by atoms with E-state index in [0.717, 1.165) is 19.4 Å². The second kappa shape index (κ2) is 5.87. The van der Waals surface area contributed by atoms with Gasteiger partial charge in [0, 0.05) is 5.56 Å². The van der Waals surface area contributed by atoms with Gasteiger partial charge in [-0.1, -0.05) is 12.2 Å². The smallest absolute Gasteiger partial charge is 0.372 e. The fraction of sp³-hybridized carbons (Fsp3) is 0.500. The lowest BCUT2D eigenvalue weighted by Gasteiger charge is -2.17. The molecule has 0 bridgehead atoms. The molecule has 1 unspecified atom stereocenters. The fourth-order valence-electron chi connectivity index (χ4n) is 2.29. The highest BCUT2D eigenvalue weighted by Crippen LogP contribution is 2.18. The molecule has 0 amide bonds. The molecule has 1 heterocycles. The van der Waals surface area contributed by atoms with E-state index in [1.165, 1.54) is 6.42 Å². The first-order valence-electron chi connectivity index (χ1n) is 6.35. The number of carboxylic acid groups (broad SMARTS) is 1. The normalized spacial score (nSPS) is 19.1. The molecule has 0 saturated heterocycles. The van der Waals surface area contributed by atoms with E-state index in [1.807, 2.05) is 0 Å². The van der Waals surface area contributed by atoms with Gasteiger partial charge < -0.3 is 14.8 Å². The Morgan fingerprint density at radius 2 is 2.39 bits per heavy atom. The van der Waals surface area contributed by atoms with Crippen molar-refractivity contribution >= 4 is 5.97 Å². The number of hydrogen-bond donors (Lipinski definition) is 2. The number of rotatable bonds is 5. The Morgan fingerprint density at radius 1 is 1.56 bits per heavy atom. The van der Waals surface area contributed by atoms with Crippen LogP contribution >= 0.6 is 0 Å². The van der Waals surface area contributed by atoms with E-state index in [2.05, 4.69) is 17.5 Å². The Balaban J connectivity index is 1.81. The molecule has 0 saturated carbocycles. The molecule has 0 spiro atoms. The quantitative estimate of drug-likeness (QED) is 0.788. The number of carbonyl (C=O) groups is 1. The molecular formula is C14H19NO3. The standard InChI is InChI=1S/C14H19NO3/c1-10-7-12(18-13(10)14(16)17)9-15-8-11-5-3-2-4-6-11/h2-3,7,11,15H,4-6,8-9H2,1H3,(H,16,17). The Kier molecular flexibility index (Phi) is 4.20. The van der Waals surface area contributed by atoms with Crippen molar-refractivity contribution in [3.8, 4) is 0 Å². The highest BCUT2D eigenvalue weighted by molar-refractivity contribution is 5.86. The molecule has 1 aliphatic carbocycles. The molecule has 4 nitrogen and oxygen atoms in total. The number of aryl methyl sites for hydroxylation is 1. The zero-order chi connectivity index (χ0) is 13.0. The molecule has 2 rings (SSSR count). The molecule has 1 atom stereocenters. The van der Waals surface area contributed by atoms with Crippen LogP contribution in [0.1, 0.15) is 41.1 Å². The van der Waals surface area contributed by atoms with E-state index in [1.54, 1.807) is 13.0 Å². The van der Waals surface area contributed by atoms with Gasteiger partial charge in [-0.3, -0.25) is 0 Å². The lowest BCUT2D eigenvalue weighted by Crippen LogP contribution is -2.22. The number of aromatic carboxylic acids is 1. The van der Waals surface area contributed by atoms with Gasteiger partial charge in [0.2, 0.25) is 5.76 Å². The van der Waals surface area contributed by atoms with Crippen molar-refractivity contribution in [2.75, 3.05) is 6.54 Å². The van der Waals surface area contributed by atoms with Crippen molar-refractivity contribution in [1.29, 1.82) is 0 Å². The number of nitrogens with one attached hydrogen (secondary N) is 1. The highest BCUT2D eigenvalue weighted by Gasteiger charge is 2.14. The molecule has 1 aromatic heterocycles. The maximum Gasteiger partial charge on any atom is 0.372 e. The summed E-state index contributed by atoms with van der Waals surface area (Å²) in [5.74, 6) is 0.421. The molecule has 0 aromatic carbocycles. The molecule has 0 fully saturated rings. The summed E-state index contributed by atoms with van der Waals surface area (Å²) in [6, 6.07) is 1.79. The maximum atomic E-state index is 10.8. The summed E-state index contributed by atoms with van der Waals surface area (Å²) >= 11 is 0. The summed E-state index contributed by atoms with van der Waals surface area (Å²) in [5.41, 5.74) is 0.680. The van der Waals surface area contributed by atoms with Crippen LogP contribution in [0, 0.1) is 12.8 Å². The average molecular weight is 249 g/mol. The van der Waals surface area contributed by atoms with Crippen LogP contribution < -0.4 is 5.32 Å². The first kappa shape index (κ1) is 12.9. The minimum atomic E-state index is -1.00. The van der Waals surface area contributed by atoms with Crippen molar-refractivity contribution in [2.45, 2.75) is 32.7 Å². The van der Waals surface area contributed by atoms with Gasteiger partial charge in [-0.05, 0) is 44.7 Å². The zero-order valence-corrected chi connectivity index (χ0v) is 10.6. The van der Waals surface area contributed by atoms with Crippen LogP contribution in [0.5, 0.6) is 0 Å². The van der Waals surface area contributed by atoms with E-state index in [9.17, 15) is 4.79 Å². The van der Waals surface area contributed by atoms with Gasteiger partial charge in [-0.25, -0.2) is 4.79 Å². The van der Waals surface area contributed by atoms with Gasteiger partial charge in [0.1, 0.15) is 5.76 Å².